The lowest BCUT2D eigenvalue weighted by Gasteiger charge is -2.17. The molecule has 0 atom stereocenters. The maximum absolute atomic E-state index is 12.5. The molecule has 0 fully saturated rings. The number of rotatable bonds is 8. The van der Waals surface area contributed by atoms with Crippen molar-refractivity contribution in [3.05, 3.63) is 69.3 Å². The van der Waals surface area contributed by atoms with Crippen LogP contribution in [-0.4, -0.2) is 31.5 Å². The summed E-state index contributed by atoms with van der Waals surface area (Å²) >= 11 is 0. The Balaban J connectivity index is 2.09. The molecule has 7 heteroatoms. The number of carbonyl (C=O) groups is 1. The number of anilines is 1. The molecule has 26 heavy (non-hydrogen) atoms. The van der Waals surface area contributed by atoms with Crippen molar-refractivity contribution >= 4 is 17.3 Å². The average Bonchev–Trinajstić information content (AvgIpc) is 2.64. The number of amides is 1. The van der Waals surface area contributed by atoms with E-state index < -0.39 is 4.92 Å². The molecule has 0 aliphatic rings. The van der Waals surface area contributed by atoms with E-state index in [1.807, 2.05) is 31.2 Å². The van der Waals surface area contributed by atoms with Gasteiger partial charge in [0.15, 0.2) is 0 Å². The van der Waals surface area contributed by atoms with E-state index in [1.54, 1.807) is 25.1 Å². The molecular formula is C19H23N3O4. The molecule has 0 saturated heterocycles. The first-order valence-corrected chi connectivity index (χ1v) is 8.32. The fraction of sp³-hybridized carbons (Fsp3) is 0.316. The number of carbonyl (C=O) groups excluding carboxylic acids is 1. The number of nitrogens with one attached hydrogen (secondary N) is 1. The number of non-ortho nitro benzene ring substituents is 1. The van der Waals surface area contributed by atoms with Gasteiger partial charge >= 0.3 is 0 Å². The molecule has 0 heterocycles. The van der Waals surface area contributed by atoms with Gasteiger partial charge < -0.3 is 15.0 Å². The zero-order chi connectivity index (χ0) is 19.1. The van der Waals surface area contributed by atoms with Crippen molar-refractivity contribution in [2.45, 2.75) is 20.1 Å². The molecule has 1 N–H and O–H groups in total. The first kappa shape index (κ1) is 19.4. The molecular weight excluding hydrogens is 334 g/mol. The molecule has 0 radical (unpaired) electrons. The summed E-state index contributed by atoms with van der Waals surface area (Å²) in [6, 6.07) is 12.0. The normalized spacial score (nSPS) is 10.4. The zero-order valence-electron chi connectivity index (χ0n) is 15.2. The Morgan fingerprint density at radius 3 is 2.38 bits per heavy atom. The number of benzene rings is 2. The van der Waals surface area contributed by atoms with Gasteiger partial charge in [-0.25, -0.2) is 0 Å². The number of ether oxygens (including phenoxy) is 1. The van der Waals surface area contributed by atoms with Crippen LogP contribution in [0.15, 0.2) is 42.5 Å². The number of nitrogens with zero attached hydrogens (tertiary/aromatic N) is 2. The van der Waals surface area contributed by atoms with Gasteiger partial charge in [0.2, 0.25) is 0 Å². The summed E-state index contributed by atoms with van der Waals surface area (Å²) in [5, 5.41) is 13.8. The molecule has 138 valence electrons. The number of nitro benzene ring substituents is 1. The van der Waals surface area contributed by atoms with Gasteiger partial charge in [0.05, 0.1) is 17.1 Å². The highest BCUT2D eigenvalue weighted by Crippen LogP contribution is 2.24. The highest BCUT2D eigenvalue weighted by Gasteiger charge is 2.17. The molecule has 0 aliphatic heterocycles. The van der Waals surface area contributed by atoms with Gasteiger partial charge in [-0.3, -0.25) is 14.9 Å². The Labute approximate surface area is 152 Å². The van der Waals surface area contributed by atoms with Crippen LogP contribution in [0.25, 0.3) is 0 Å². The van der Waals surface area contributed by atoms with Crippen LogP contribution in [0.3, 0.4) is 0 Å². The van der Waals surface area contributed by atoms with Gasteiger partial charge in [0.25, 0.3) is 11.6 Å². The van der Waals surface area contributed by atoms with Crippen LogP contribution in [0.4, 0.5) is 11.4 Å². The van der Waals surface area contributed by atoms with Crippen LogP contribution >= 0.6 is 0 Å². The Bertz CT molecular complexity index is 773. The van der Waals surface area contributed by atoms with Crippen molar-refractivity contribution < 1.29 is 14.5 Å². The first-order chi connectivity index (χ1) is 12.4. The second kappa shape index (κ2) is 8.96. The van der Waals surface area contributed by atoms with Crippen molar-refractivity contribution in [2.24, 2.45) is 0 Å². The van der Waals surface area contributed by atoms with Gasteiger partial charge in [-0.15, -0.1) is 0 Å². The van der Waals surface area contributed by atoms with E-state index in [0.717, 1.165) is 11.1 Å². The maximum atomic E-state index is 12.5. The number of hydrogen-bond donors (Lipinski definition) is 1. The Hall–Kier alpha value is -2.93. The van der Waals surface area contributed by atoms with Crippen LogP contribution in [-0.2, 0) is 17.9 Å². The lowest BCUT2D eigenvalue weighted by atomic mass is 10.1. The van der Waals surface area contributed by atoms with Crippen LogP contribution < -0.4 is 10.2 Å². The Morgan fingerprint density at radius 1 is 1.15 bits per heavy atom. The van der Waals surface area contributed by atoms with Gasteiger partial charge in [0.1, 0.15) is 0 Å². The summed E-state index contributed by atoms with van der Waals surface area (Å²) in [6.07, 6.45) is 0. The summed E-state index contributed by atoms with van der Waals surface area (Å²) in [5.74, 6) is -0.351. The maximum Gasteiger partial charge on any atom is 0.270 e. The molecule has 0 spiro atoms. The Kier molecular flexibility index (Phi) is 6.68. The van der Waals surface area contributed by atoms with Gasteiger partial charge in [-0.1, -0.05) is 24.3 Å². The lowest BCUT2D eigenvalue weighted by molar-refractivity contribution is -0.384. The second-order valence-electron chi connectivity index (χ2n) is 5.99. The van der Waals surface area contributed by atoms with Crippen molar-refractivity contribution in [3.8, 4) is 0 Å². The second-order valence-corrected chi connectivity index (χ2v) is 5.99. The van der Waals surface area contributed by atoms with Crippen LogP contribution in [0.1, 0.15) is 28.4 Å². The predicted molar refractivity (Wildman–Crippen MR) is 100 cm³/mol. The molecule has 0 saturated carbocycles. The van der Waals surface area contributed by atoms with E-state index in [-0.39, 0.29) is 17.2 Å². The third-order valence-corrected chi connectivity index (χ3v) is 3.87. The van der Waals surface area contributed by atoms with Gasteiger partial charge in [-0.05, 0) is 24.1 Å². The van der Waals surface area contributed by atoms with E-state index in [0.29, 0.717) is 25.4 Å². The van der Waals surface area contributed by atoms with Crippen molar-refractivity contribution in [1.82, 2.24) is 5.32 Å². The number of nitro groups is 1. The monoisotopic (exact) mass is 357 g/mol. The van der Waals surface area contributed by atoms with E-state index in [2.05, 4.69) is 5.32 Å². The van der Waals surface area contributed by atoms with Gasteiger partial charge in [-0.2, -0.15) is 0 Å². The van der Waals surface area contributed by atoms with Crippen LogP contribution in [0.5, 0.6) is 0 Å². The average molecular weight is 357 g/mol. The van der Waals surface area contributed by atoms with Crippen LogP contribution in [0.2, 0.25) is 0 Å². The minimum atomic E-state index is -0.507. The minimum Gasteiger partial charge on any atom is -0.377 e. The Morgan fingerprint density at radius 2 is 1.81 bits per heavy atom. The standard InChI is InChI=1S/C19H23N3O4/c1-4-26-13-15-7-5-14(6-8-15)12-20-19(23)17-11-16(22(24)25)9-10-18(17)21(2)3/h5-11H,4,12-13H2,1-3H3,(H,20,23). The largest absolute Gasteiger partial charge is 0.377 e. The fourth-order valence-corrected chi connectivity index (χ4v) is 2.46. The number of hydrogen-bond acceptors (Lipinski definition) is 5. The van der Waals surface area contributed by atoms with E-state index >= 15 is 0 Å². The SMILES string of the molecule is CCOCc1ccc(CNC(=O)c2cc([N+](=O)[O-])ccc2N(C)C)cc1. The van der Waals surface area contributed by atoms with Crippen LogP contribution in [0, 0.1) is 10.1 Å². The molecule has 2 aromatic carbocycles. The molecule has 0 bridgehead atoms. The lowest BCUT2D eigenvalue weighted by Crippen LogP contribution is -2.25. The quantitative estimate of drug-likeness (QED) is 0.579. The van der Waals surface area contributed by atoms with Crippen molar-refractivity contribution in [2.75, 3.05) is 25.6 Å². The fourth-order valence-electron chi connectivity index (χ4n) is 2.46. The molecule has 0 aromatic heterocycles. The minimum absolute atomic E-state index is 0.110. The van der Waals surface area contributed by atoms with E-state index in [9.17, 15) is 14.9 Å². The van der Waals surface area contributed by atoms with Crippen molar-refractivity contribution in [3.63, 3.8) is 0 Å². The smallest absolute Gasteiger partial charge is 0.270 e. The zero-order valence-corrected chi connectivity index (χ0v) is 15.2. The topological polar surface area (TPSA) is 84.7 Å². The molecule has 2 rings (SSSR count). The molecule has 1 amide bonds. The molecule has 2 aromatic rings. The summed E-state index contributed by atoms with van der Waals surface area (Å²) in [6.45, 7) is 3.50. The van der Waals surface area contributed by atoms with Crippen molar-refractivity contribution in [1.29, 1.82) is 0 Å². The molecule has 0 aliphatic carbocycles. The third kappa shape index (κ3) is 5.03. The summed E-state index contributed by atoms with van der Waals surface area (Å²) in [5.41, 5.74) is 2.80. The van der Waals surface area contributed by atoms with Gasteiger partial charge in [0, 0.05) is 45.1 Å². The van der Waals surface area contributed by atoms with E-state index in [1.165, 1.54) is 12.1 Å². The summed E-state index contributed by atoms with van der Waals surface area (Å²) in [7, 11) is 3.57. The highest BCUT2D eigenvalue weighted by molar-refractivity contribution is 6.00. The molecule has 0 unspecified atom stereocenters. The highest BCUT2D eigenvalue weighted by atomic mass is 16.6. The summed E-state index contributed by atoms with van der Waals surface area (Å²) in [4.78, 5) is 24.8. The molecule has 7 nitrogen and oxygen atoms in total. The van der Waals surface area contributed by atoms with E-state index in [4.69, 9.17) is 4.74 Å². The third-order valence-electron chi connectivity index (χ3n) is 3.87. The summed E-state index contributed by atoms with van der Waals surface area (Å²) < 4.78 is 5.35. The first-order valence-electron chi connectivity index (χ1n) is 8.32. The predicted octanol–water partition coefficient (Wildman–Crippen LogP) is 3.13.